The Morgan fingerprint density at radius 3 is 1.84 bits per heavy atom. The number of aliphatic hydroxyl groups excluding tert-OH is 1. The van der Waals surface area contributed by atoms with Crippen LogP contribution in [-0.4, -0.2) is 16.7 Å². The third-order valence-corrected chi connectivity index (χ3v) is 8.90. The van der Waals surface area contributed by atoms with Crippen molar-refractivity contribution < 1.29 is 14.6 Å². The van der Waals surface area contributed by atoms with Crippen LogP contribution in [0, 0.1) is 5.41 Å². The van der Waals surface area contributed by atoms with E-state index in [0.717, 1.165) is 37.2 Å². The standard InChI is InChI=1S/C41H47NO3/c1-5-25-41(26-24-31-16-9-6-10-17-31)28-36(43)37(39(44)45-41)38(40(2,3)4)34-22-15-23-35(27-34)42(29-32-18-11-7-12-19-32)30-33-20-13-8-14-21-33/h6-23,27,38,43H,5,24-26,28-30H2,1-4H3/t38?,41-/m1/s1. The Morgan fingerprint density at radius 2 is 1.33 bits per heavy atom. The predicted octanol–water partition coefficient (Wildman–Crippen LogP) is 9.95. The van der Waals surface area contributed by atoms with Gasteiger partial charge in [0.2, 0.25) is 0 Å². The molecule has 1 N–H and O–H groups in total. The lowest BCUT2D eigenvalue weighted by Crippen LogP contribution is -2.43. The van der Waals surface area contributed by atoms with Gasteiger partial charge in [0.15, 0.2) is 0 Å². The zero-order valence-electron chi connectivity index (χ0n) is 27.2. The van der Waals surface area contributed by atoms with Crippen molar-refractivity contribution in [1.29, 1.82) is 0 Å². The summed E-state index contributed by atoms with van der Waals surface area (Å²) in [6.45, 7) is 9.99. The fourth-order valence-electron chi connectivity index (χ4n) is 6.81. The zero-order valence-corrected chi connectivity index (χ0v) is 27.2. The molecule has 4 nitrogen and oxygen atoms in total. The Kier molecular flexibility index (Phi) is 10.1. The molecule has 1 unspecified atom stereocenters. The second-order valence-corrected chi connectivity index (χ2v) is 13.6. The van der Waals surface area contributed by atoms with Gasteiger partial charge in [-0.2, -0.15) is 0 Å². The van der Waals surface area contributed by atoms with Gasteiger partial charge in [0.05, 0.1) is 5.57 Å². The summed E-state index contributed by atoms with van der Waals surface area (Å²) in [5.74, 6) is -0.562. The zero-order chi connectivity index (χ0) is 31.9. The van der Waals surface area contributed by atoms with E-state index in [1.807, 2.05) is 30.3 Å². The topological polar surface area (TPSA) is 49.8 Å². The lowest BCUT2D eigenvalue weighted by Gasteiger charge is -2.41. The van der Waals surface area contributed by atoms with E-state index in [0.29, 0.717) is 24.8 Å². The number of anilines is 1. The summed E-state index contributed by atoms with van der Waals surface area (Å²) >= 11 is 0. The molecule has 0 fully saturated rings. The molecule has 0 bridgehead atoms. The molecule has 4 aromatic carbocycles. The predicted molar refractivity (Wildman–Crippen MR) is 184 cm³/mol. The first-order valence-electron chi connectivity index (χ1n) is 16.3. The van der Waals surface area contributed by atoms with Crippen molar-refractivity contribution in [3.05, 3.63) is 149 Å². The molecule has 4 aromatic rings. The first kappa shape index (κ1) is 32.1. The Labute approximate surface area is 269 Å². The first-order chi connectivity index (χ1) is 21.7. The second-order valence-electron chi connectivity index (χ2n) is 13.6. The number of carbonyl (C=O) groups is 1. The fraction of sp³-hybridized carbons (Fsp3) is 0.341. The van der Waals surface area contributed by atoms with E-state index in [1.165, 1.54) is 16.7 Å². The lowest BCUT2D eigenvalue weighted by molar-refractivity contribution is -0.161. The number of nitrogens with zero attached hydrogens (tertiary/aromatic N) is 1. The minimum Gasteiger partial charge on any atom is -0.512 e. The number of ether oxygens (including phenoxy) is 1. The third-order valence-electron chi connectivity index (χ3n) is 8.90. The molecule has 1 heterocycles. The summed E-state index contributed by atoms with van der Waals surface area (Å²) in [4.78, 5) is 16.4. The minimum atomic E-state index is -0.707. The number of hydrogen-bond donors (Lipinski definition) is 1. The molecule has 0 saturated carbocycles. The van der Waals surface area contributed by atoms with Crippen LogP contribution in [0.3, 0.4) is 0 Å². The monoisotopic (exact) mass is 601 g/mol. The van der Waals surface area contributed by atoms with Gasteiger partial charge in [-0.3, -0.25) is 0 Å². The fourth-order valence-corrected chi connectivity index (χ4v) is 6.81. The maximum Gasteiger partial charge on any atom is 0.338 e. The normalized spacial score (nSPS) is 17.6. The summed E-state index contributed by atoms with van der Waals surface area (Å²) < 4.78 is 6.39. The minimum absolute atomic E-state index is 0.170. The van der Waals surface area contributed by atoms with Crippen LogP contribution >= 0.6 is 0 Å². The van der Waals surface area contributed by atoms with Crippen LogP contribution in [0.1, 0.15) is 81.5 Å². The van der Waals surface area contributed by atoms with Crippen LogP contribution in [-0.2, 0) is 29.0 Å². The quantitative estimate of drug-likeness (QED) is 0.164. The molecule has 5 rings (SSSR count). The summed E-state index contributed by atoms with van der Waals surface area (Å²) in [7, 11) is 0. The molecule has 45 heavy (non-hydrogen) atoms. The Balaban J connectivity index is 1.49. The molecular formula is C41H47NO3. The molecule has 4 heteroatoms. The molecule has 1 aliphatic rings. The van der Waals surface area contributed by atoms with Gasteiger partial charge in [-0.1, -0.05) is 137 Å². The van der Waals surface area contributed by atoms with Gasteiger partial charge in [0.1, 0.15) is 11.4 Å². The smallest absolute Gasteiger partial charge is 0.338 e. The van der Waals surface area contributed by atoms with Crippen molar-refractivity contribution in [2.75, 3.05) is 4.90 Å². The van der Waals surface area contributed by atoms with Crippen molar-refractivity contribution in [2.45, 2.75) is 84.4 Å². The van der Waals surface area contributed by atoms with Crippen LogP contribution in [0.2, 0.25) is 0 Å². The molecule has 0 amide bonds. The Morgan fingerprint density at radius 1 is 0.778 bits per heavy atom. The summed E-state index contributed by atoms with van der Waals surface area (Å²) in [6, 6.07) is 39.8. The number of carbonyl (C=O) groups excluding carboxylic acids is 1. The van der Waals surface area contributed by atoms with Crippen molar-refractivity contribution in [3.8, 4) is 0 Å². The number of hydrogen-bond acceptors (Lipinski definition) is 4. The van der Waals surface area contributed by atoms with E-state index in [2.05, 4.69) is 118 Å². The van der Waals surface area contributed by atoms with Gasteiger partial charge in [0, 0.05) is 31.1 Å². The van der Waals surface area contributed by atoms with Crippen molar-refractivity contribution in [3.63, 3.8) is 0 Å². The highest BCUT2D eigenvalue weighted by Crippen LogP contribution is 2.47. The molecule has 0 radical (unpaired) electrons. The SMILES string of the molecule is CCC[C@@]1(CCc2ccccc2)CC(O)=C(C(c2cccc(N(Cc3ccccc3)Cc3ccccc3)c2)C(C)(C)C)C(=O)O1. The maximum absolute atomic E-state index is 14.0. The first-order valence-corrected chi connectivity index (χ1v) is 16.3. The van der Waals surface area contributed by atoms with Gasteiger partial charge in [-0.15, -0.1) is 0 Å². The van der Waals surface area contributed by atoms with Gasteiger partial charge < -0.3 is 14.7 Å². The van der Waals surface area contributed by atoms with E-state index in [9.17, 15) is 9.90 Å². The van der Waals surface area contributed by atoms with Crippen molar-refractivity contribution in [1.82, 2.24) is 0 Å². The van der Waals surface area contributed by atoms with Crippen LogP contribution in [0.5, 0.6) is 0 Å². The summed E-state index contributed by atoms with van der Waals surface area (Å²) in [6.07, 6.45) is 3.40. The van der Waals surface area contributed by atoms with Gasteiger partial charge in [0.25, 0.3) is 0 Å². The number of aliphatic hydroxyl groups is 1. The molecular weight excluding hydrogens is 554 g/mol. The van der Waals surface area contributed by atoms with Crippen LogP contribution < -0.4 is 4.90 Å². The Hall–Kier alpha value is -4.31. The lowest BCUT2D eigenvalue weighted by atomic mass is 9.70. The van der Waals surface area contributed by atoms with Crippen LogP contribution in [0.15, 0.2) is 127 Å². The number of aryl methyl sites for hydroxylation is 1. The summed E-state index contributed by atoms with van der Waals surface area (Å²) in [5, 5.41) is 11.7. The van der Waals surface area contributed by atoms with E-state index in [1.54, 1.807) is 0 Å². The molecule has 0 aromatic heterocycles. The molecule has 0 spiro atoms. The van der Waals surface area contributed by atoms with E-state index in [-0.39, 0.29) is 17.1 Å². The Bertz CT molecular complexity index is 1530. The van der Waals surface area contributed by atoms with Gasteiger partial charge >= 0.3 is 5.97 Å². The third kappa shape index (κ3) is 8.05. The van der Waals surface area contributed by atoms with Crippen molar-refractivity contribution >= 4 is 11.7 Å². The average molecular weight is 602 g/mol. The molecule has 2 atom stereocenters. The highest BCUT2D eigenvalue weighted by atomic mass is 16.6. The number of rotatable bonds is 12. The van der Waals surface area contributed by atoms with Crippen LogP contribution in [0.25, 0.3) is 0 Å². The summed E-state index contributed by atoms with van der Waals surface area (Å²) in [5.41, 5.74) is 5.07. The van der Waals surface area contributed by atoms with Gasteiger partial charge in [-0.05, 0) is 59.1 Å². The number of benzene rings is 4. The van der Waals surface area contributed by atoms with Crippen molar-refractivity contribution in [2.24, 2.45) is 5.41 Å². The van der Waals surface area contributed by atoms with E-state index >= 15 is 0 Å². The molecule has 0 aliphatic carbocycles. The van der Waals surface area contributed by atoms with E-state index < -0.39 is 11.6 Å². The average Bonchev–Trinajstić information content (AvgIpc) is 3.03. The largest absolute Gasteiger partial charge is 0.512 e. The second kappa shape index (κ2) is 14.2. The maximum atomic E-state index is 14.0. The molecule has 234 valence electrons. The molecule has 1 aliphatic heterocycles. The highest BCUT2D eigenvalue weighted by Gasteiger charge is 2.46. The molecule has 0 saturated heterocycles. The highest BCUT2D eigenvalue weighted by molar-refractivity contribution is 5.92. The van der Waals surface area contributed by atoms with E-state index in [4.69, 9.17) is 4.74 Å². The number of esters is 1. The van der Waals surface area contributed by atoms with Gasteiger partial charge in [-0.25, -0.2) is 4.79 Å². The van der Waals surface area contributed by atoms with Crippen LogP contribution in [0.4, 0.5) is 5.69 Å². The number of cyclic esters (lactones) is 1.